The molecule has 0 radical (unpaired) electrons. The molecule has 1 aliphatic carbocycles. The minimum Gasteiger partial charge on any atom is -0.324 e. The van der Waals surface area contributed by atoms with E-state index in [1.807, 2.05) is 0 Å². The lowest BCUT2D eigenvalue weighted by Crippen LogP contribution is -2.28. The molecule has 112 valence electrons. The maximum Gasteiger partial charge on any atom is 0.449 e. The van der Waals surface area contributed by atoms with Crippen LogP contribution in [0.5, 0.6) is 0 Å². The minimum atomic E-state index is -4.37. The monoisotopic (exact) mass is 287 g/mol. The predicted molar refractivity (Wildman–Crippen MR) is 69.1 cm³/mol. The first kappa shape index (κ1) is 13.9. The molecule has 0 atom stereocenters. The topological polar surface area (TPSA) is 29.9 Å². The average Bonchev–Trinajstić information content (AvgIpc) is 3.05. The van der Waals surface area contributed by atoms with Gasteiger partial charge in [0.25, 0.3) is 0 Å². The summed E-state index contributed by atoms with van der Waals surface area (Å²) >= 11 is 0. The van der Waals surface area contributed by atoms with E-state index in [0.29, 0.717) is 31.1 Å². The summed E-state index contributed by atoms with van der Waals surface area (Å²) in [5, 5.41) is 3.09. The summed E-state index contributed by atoms with van der Waals surface area (Å²) in [5.74, 6) is -0.304. The van der Waals surface area contributed by atoms with Gasteiger partial charge in [-0.05, 0) is 24.2 Å². The van der Waals surface area contributed by atoms with Gasteiger partial charge in [-0.15, -0.1) is 0 Å². The number of hydrogen-bond donors (Lipinski definition) is 1. The van der Waals surface area contributed by atoms with Crippen LogP contribution in [0.1, 0.15) is 43.9 Å². The van der Waals surface area contributed by atoms with Crippen LogP contribution in [-0.4, -0.2) is 16.1 Å². The average molecular weight is 287 g/mol. The van der Waals surface area contributed by atoms with Gasteiger partial charge in [-0.25, -0.2) is 4.98 Å². The Hall–Kier alpha value is -1.04. The van der Waals surface area contributed by atoms with Crippen molar-refractivity contribution in [2.45, 2.75) is 52.4 Å². The second kappa shape index (κ2) is 4.48. The second-order valence-electron chi connectivity index (χ2n) is 6.36. The van der Waals surface area contributed by atoms with Crippen molar-refractivity contribution in [3.05, 3.63) is 17.2 Å². The van der Waals surface area contributed by atoms with Gasteiger partial charge in [0.15, 0.2) is 0 Å². The number of aromatic nitrogens is 2. The second-order valence-corrected chi connectivity index (χ2v) is 6.36. The molecule has 0 spiro atoms. The number of imidazole rings is 1. The molecule has 3 rings (SSSR count). The van der Waals surface area contributed by atoms with Crippen LogP contribution in [-0.2, 0) is 25.7 Å². The highest BCUT2D eigenvalue weighted by atomic mass is 19.4. The van der Waals surface area contributed by atoms with Gasteiger partial charge >= 0.3 is 6.18 Å². The summed E-state index contributed by atoms with van der Waals surface area (Å²) in [4.78, 5) is 3.87. The van der Waals surface area contributed by atoms with Crippen molar-refractivity contribution in [3.8, 4) is 0 Å². The number of hydrogen-bond acceptors (Lipinski definition) is 2. The summed E-state index contributed by atoms with van der Waals surface area (Å²) in [5.41, 5.74) is 1.39. The van der Waals surface area contributed by atoms with Crippen LogP contribution in [0.25, 0.3) is 0 Å². The van der Waals surface area contributed by atoms with E-state index in [-0.39, 0.29) is 5.41 Å². The van der Waals surface area contributed by atoms with E-state index in [9.17, 15) is 13.2 Å². The van der Waals surface area contributed by atoms with E-state index in [1.54, 1.807) is 0 Å². The van der Waals surface area contributed by atoms with Crippen molar-refractivity contribution in [3.63, 3.8) is 0 Å². The Bertz CT molecular complexity index is 512. The van der Waals surface area contributed by atoms with Gasteiger partial charge in [0.2, 0.25) is 5.82 Å². The van der Waals surface area contributed by atoms with Gasteiger partial charge in [-0.2, -0.15) is 13.2 Å². The van der Waals surface area contributed by atoms with E-state index in [1.165, 1.54) is 4.57 Å². The Kier molecular flexibility index (Phi) is 3.12. The summed E-state index contributed by atoms with van der Waals surface area (Å²) in [6.45, 7) is 5.84. The number of rotatable bonds is 3. The normalized spacial score (nSPS) is 21.1. The third-order valence-electron chi connectivity index (χ3n) is 4.83. The van der Waals surface area contributed by atoms with E-state index in [4.69, 9.17) is 0 Å². The predicted octanol–water partition coefficient (Wildman–Crippen LogP) is 2.98. The fourth-order valence-electron chi connectivity index (χ4n) is 3.15. The van der Waals surface area contributed by atoms with Gasteiger partial charge in [0.05, 0.1) is 5.69 Å². The molecule has 20 heavy (non-hydrogen) atoms. The zero-order chi connectivity index (χ0) is 14.5. The van der Waals surface area contributed by atoms with E-state index < -0.39 is 12.0 Å². The molecule has 1 aliphatic heterocycles. The standard InChI is InChI=1S/C14H20F3N3/c1-9(2)13(4-5-13)8-20-11-3-6-18-7-10(11)19-12(20)14(15,16)17/h9,18H,3-8H2,1-2H3. The lowest BCUT2D eigenvalue weighted by Gasteiger charge is -2.24. The highest BCUT2D eigenvalue weighted by Gasteiger charge is 2.48. The zero-order valence-electron chi connectivity index (χ0n) is 11.8. The maximum absolute atomic E-state index is 13.2. The molecule has 6 heteroatoms. The molecule has 0 amide bonds. The zero-order valence-corrected chi connectivity index (χ0v) is 11.8. The Balaban J connectivity index is 2.01. The van der Waals surface area contributed by atoms with Crippen LogP contribution in [0.15, 0.2) is 0 Å². The van der Waals surface area contributed by atoms with Gasteiger partial charge in [-0.3, -0.25) is 0 Å². The third kappa shape index (κ3) is 2.24. The molecule has 1 N–H and O–H groups in total. The number of nitrogens with one attached hydrogen (secondary N) is 1. The highest BCUT2D eigenvalue weighted by Crippen LogP contribution is 2.54. The van der Waals surface area contributed by atoms with Crippen molar-refractivity contribution in [1.29, 1.82) is 0 Å². The molecule has 1 aromatic rings. The number of nitrogens with zero attached hydrogens (tertiary/aromatic N) is 2. The highest BCUT2D eigenvalue weighted by molar-refractivity contribution is 5.22. The summed E-state index contributed by atoms with van der Waals surface area (Å²) < 4.78 is 41.1. The maximum atomic E-state index is 13.2. The minimum absolute atomic E-state index is 0.0410. The van der Waals surface area contributed by atoms with Crippen LogP contribution in [0.2, 0.25) is 0 Å². The Morgan fingerprint density at radius 2 is 2.05 bits per heavy atom. The molecule has 1 saturated carbocycles. The largest absolute Gasteiger partial charge is 0.449 e. The first-order valence-corrected chi connectivity index (χ1v) is 7.20. The molecule has 2 aliphatic rings. The van der Waals surface area contributed by atoms with Gasteiger partial charge in [0, 0.05) is 31.7 Å². The Morgan fingerprint density at radius 1 is 1.35 bits per heavy atom. The fraction of sp³-hybridized carbons (Fsp3) is 0.786. The molecule has 2 heterocycles. The van der Waals surface area contributed by atoms with Gasteiger partial charge in [-0.1, -0.05) is 13.8 Å². The Morgan fingerprint density at radius 3 is 2.60 bits per heavy atom. The number of fused-ring (bicyclic) bond motifs is 1. The Labute approximate surface area is 116 Å². The van der Waals surface area contributed by atoms with Crippen LogP contribution in [0, 0.1) is 11.3 Å². The lowest BCUT2D eigenvalue weighted by atomic mass is 9.92. The molecular weight excluding hydrogens is 267 g/mol. The summed E-state index contributed by atoms with van der Waals surface area (Å²) in [6, 6.07) is 0. The molecule has 0 unspecified atom stereocenters. The van der Waals surface area contributed by atoms with Crippen molar-refractivity contribution < 1.29 is 13.2 Å². The quantitative estimate of drug-likeness (QED) is 0.926. The van der Waals surface area contributed by atoms with E-state index in [2.05, 4.69) is 24.1 Å². The van der Waals surface area contributed by atoms with Crippen molar-refractivity contribution in [2.24, 2.45) is 11.3 Å². The summed E-state index contributed by atoms with van der Waals surface area (Å²) in [6.07, 6.45) is -1.70. The first-order valence-electron chi connectivity index (χ1n) is 7.20. The van der Waals surface area contributed by atoms with Crippen LogP contribution in [0.3, 0.4) is 0 Å². The number of alkyl halides is 3. The van der Waals surface area contributed by atoms with Gasteiger partial charge < -0.3 is 9.88 Å². The van der Waals surface area contributed by atoms with Crippen LogP contribution < -0.4 is 5.32 Å². The molecule has 0 aromatic carbocycles. The summed E-state index contributed by atoms with van der Waals surface area (Å²) in [7, 11) is 0. The fourth-order valence-corrected chi connectivity index (χ4v) is 3.15. The van der Waals surface area contributed by atoms with Crippen molar-refractivity contribution in [1.82, 2.24) is 14.9 Å². The smallest absolute Gasteiger partial charge is 0.324 e. The van der Waals surface area contributed by atoms with Crippen molar-refractivity contribution >= 4 is 0 Å². The molecular formula is C14H20F3N3. The molecule has 3 nitrogen and oxygen atoms in total. The number of halogens is 3. The molecule has 1 fully saturated rings. The lowest BCUT2D eigenvalue weighted by molar-refractivity contribution is -0.147. The molecule has 0 saturated heterocycles. The molecule has 0 bridgehead atoms. The van der Waals surface area contributed by atoms with Crippen LogP contribution in [0.4, 0.5) is 13.2 Å². The van der Waals surface area contributed by atoms with E-state index in [0.717, 1.165) is 25.1 Å². The third-order valence-corrected chi connectivity index (χ3v) is 4.83. The van der Waals surface area contributed by atoms with E-state index >= 15 is 0 Å². The first-order chi connectivity index (χ1) is 9.33. The van der Waals surface area contributed by atoms with Crippen molar-refractivity contribution in [2.75, 3.05) is 6.54 Å². The molecule has 1 aromatic heterocycles. The SMILES string of the molecule is CC(C)C1(Cn2c(C(F)(F)F)nc3c2CCNC3)CC1. The van der Waals surface area contributed by atoms with Gasteiger partial charge in [0.1, 0.15) is 0 Å². The van der Waals surface area contributed by atoms with Crippen LogP contribution >= 0.6 is 0 Å².